The number of benzene rings is 2. The molecule has 0 aliphatic rings. The minimum Gasteiger partial charge on any atom is -0.488 e. The highest BCUT2D eigenvalue weighted by molar-refractivity contribution is 6.07. The fourth-order valence-electron chi connectivity index (χ4n) is 2.45. The molecule has 1 aromatic heterocycles. The molecule has 3 aromatic rings. The van der Waals surface area contributed by atoms with Crippen LogP contribution >= 0.6 is 0 Å². The summed E-state index contributed by atoms with van der Waals surface area (Å²) in [7, 11) is 0. The van der Waals surface area contributed by atoms with Gasteiger partial charge in [-0.3, -0.25) is 9.78 Å². The third kappa shape index (κ3) is 4.64. The quantitative estimate of drug-likeness (QED) is 0.478. The Bertz CT molecular complexity index is 885. The molecule has 0 N–H and O–H groups in total. The number of hydrogen-bond acceptors (Lipinski definition) is 3. The molecular formula is C22H19NO2. The highest BCUT2D eigenvalue weighted by atomic mass is 16.5. The first kappa shape index (κ1) is 16.7. The Kier molecular flexibility index (Phi) is 5.37. The summed E-state index contributed by atoms with van der Waals surface area (Å²) >= 11 is 0. The Morgan fingerprint density at radius 1 is 1.08 bits per heavy atom. The molecule has 124 valence electrons. The summed E-state index contributed by atoms with van der Waals surface area (Å²) < 4.78 is 5.88. The largest absolute Gasteiger partial charge is 0.488 e. The van der Waals surface area contributed by atoms with E-state index in [0.717, 1.165) is 22.4 Å². The van der Waals surface area contributed by atoms with E-state index in [1.54, 1.807) is 24.5 Å². The molecule has 25 heavy (non-hydrogen) atoms. The maximum Gasteiger partial charge on any atom is 0.185 e. The summed E-state index contributed by atoms with van der Waals surface area (Å²) in [6.45, 7) is 2.41. The number of ketones is 1. The van der Waals surface area contributed by atoms with E-state index in [2.05, 4.69) is 4.98 Å². The van der Waals surface area contributed by atoms with Gasteiger partial charge in [-0.15, -0.1) is 0 Å². The molecule has 0 amide bonds. The van der Waals surface area contributed by atoms with E-state index in [9.17, 15) is 4.79 Å². The lowest BCUT2D eigenvalue weighted by atomic mass is 10.1. The zero-order chi connectivity index (χ0) is 17.5. The zero-order valence-electron chi connectivity index (χ0n) is 14.1. The van der Waals surface area contributed by atoms with Crippen LogP contribution in [0.1, 0.15) is 27.0 Å². The van der Waals surface area contributed by atoms with Gasteiger partial charge < -0.3 is 4.74 Å². The highest BCUT2D eigenvalue weighted by Crippen LogP contribution is 2.21. The summed E-state index contributed by atoms with van der Waals surface area (Å²) in [4.78, 5) is 16.4. The van der Waals surface area contributed by atoms with Crippen LogP contribution in [0.2, 0.25) is 0 Å². The van der Waals surface area contributed by atoms with Crippen molar-refractivity contribution in [1.29, 1.82) is 0 Å². The number of para-hydroxylation sites is 1. The van der Waals surface area contributed by atoms with Crippen molar-refractivity contribution in [3.63, 3.8) is 0 Å². The van der Waals surface area contributed by atoms with E-state index in [1.807, 2.05) is 67.6 Å². The van der Waals surface area contributed by atoms with E-state index < -0.39 is 0 Å². The number of aryl methyl sites for hydroxylation is 1. The van der Waals surface area contributed by atoms with Gasteiger partial charge in [0.25, 0.3) is 0 Å². The van der Waals surface area contributed by atoms with Crippen molar-refractivity contribution in [1.82, 2.24) is 4.98 Å². The van der Waals surface area contributed by atoms with E-state index >= 15 is 0 Å². The monoisotopic (exact) mass is 329 g/mol. The maximum absolute atomic E-state index is 12.3. The van der Waals surface area contributed by atoms with Gasteiger partial charge in [0.15, 0.2) is 5.78 Å². The van der Waals surface area contributed by atoms with Crippen molar-refractivity contribution in [3.05, 3.63) is 101 Å². The molecule has 0 aliphatic heterocycles. The second-order valence-electron chi connectivity index (χ2n) is 5.75. The minimum absolute atomic E-state index is 0.0224. The Morgan fingerprint density at radius 3 is 2.76 bits per heavy atom. The van der Waals surface area contributed by atoms with Gasteiger partial charge in [-0.25, -0.2) is 0 Å². The number of pyridine rings is 1. The van der Waals surface area contributed by atoms with Gasteiger partial charge in [0.1, 0.15) is 12.4 Å². The number of carbonyl (C=O) groups excluding carboxylic acids is 1. The number of aromatic nitrogens is 1. The second kappa shape index (κ2) is 8.06. The van der Waals surface area contributed by atoms with Crippen LogP contribution in [-0.4, -0.2) is 10.8 Å². The van der Waals surface area contributed by atoms with Gasteiger partial charge in [0.05, 0.1) is 0 Å². The highest BCUT2D eigenvalue weighted by Gasteiger charge is 2.04. The van der Waals surface area contributed by atoms with Crippen molar-refractivity contribution in [2.45, 2.75) is 13.5 Å². The Hall–Kier alpha value is -3.20. The number of rotatable bonds is 6. The van der Waals surface area contributed by atoms with Crippen LogP contribution in [0.4, 0.5) is 0 Å². The number of carbonyl (C=O) groups is 1. The third-order valence-electron chi connectivity index (χ3n) is 3.75. The van der Waals surface area contributed by atoms with Crippen LogP contribution in [0.25, 0.3) is 6.08 Å². The van der Waals surface area contributed by atoms with Crippen LogP contribution in [0.5, 0.6) is 5.75 Å². The van der Waals surface area contributed by atoms with Crippen LogP contribution in [0.15, 0.2) is 79.1 Å². The molecule has 0 radical (unpaired) electrons. The molecule has 0 fully saturated rings. The van der Waals surface area contributed by atoms with Gasteiger partial charge in [-0.05, 0) is 37.3 Å². The predicted octanol–water partition coefficient (Wildman–Crippen LogP) is 4.87. The van der Waals surface area contributed by atoms with Crippen LogP contribution in [0.3, 0.4) is 0 Å². The van der Waals surface area contributed by atoms with Crippen molar-refractivity contribution < 1.29 is 9.53 Å². The first-order valence-electron chi connectivity index (χ1n) is 8.12. The summed E-state index contributed by atoms with van der Waals surface area (Å²) in [6, 6.07) is 19.1. The van der Waals surface area contributed by atoms with E-state index in [0.29, 0.717) is 12.2 Å². The SMILES string of the molecule is Cc1cccc(C(=O)/C=C/c2ccccc2OCc2cccnc2)c1. The molecule has 1 heterocycles. The first-order valence-corrected chi connectivity index (χ1v) is 8.12. The first-order chi connectivity index (χ1) is 12.2. The summed E-state index contributed by atoms with van der Waals surface area (Å²) in [6.07, 6.45) is 6.89. The average Bonchev–Trinajstić information content (AvgIpc) is 2.66. The van der Waals surface area contributed by atoms with E-state index in [-0.39, 0.29) is 5.78 Å². The summed E-state index contributed by atoms with van der Waals surface area (Å²) in [5, 5.41) is 0. The Labute approximate surface area is 147 Å². The maximum atomic E-state index is 12.3. The van der Waals surface area contributed by atoms with Crippen LogP contribution in [-0.2, 0) is 6.61 Å². The van der Waals surface area contributed by atoms with Gasteiger partial charge in [-0.2, -0.15) is 0 Å². The fourth-order valence-corrected chi connectivity index (χ4v) is 2.45. The summed E-state index contributed by atoms with van der Waals surface area (Å²) in [5.41, 5.74) is 3.62. The predicted molar refractivity (Wildman–Crippen MR) is 99.6 cm³/mol. The lowest BCUT2D eigenvalue weighted by molar-refractivity contribution is 0.104. The standard InChI is InChI=1S/C22H19NO2/c1-17-6-4-9-20(14-17)21(24)12-11-19-8-2-3-10-22(19)25-16-18-7-5-13-23-15-18/h2-15H,16H2,1H3/b12-11+. The molecule has 0 saturated carbocycles. The van der Waals surface area contributed by atoms with Crippen LogP contribution < -0.4 is 4.74 Å². The molecule has 3 rings (SSSR count). The van der Waals surface area contributed by atoms with Gasteiger partial charge in [0, 0.05) is 29.1 Å². The third-order valence-corrected chi connectivity index (χ3v) is 3.75. The Morgan fingerprint density at radius 2 is 1.96 bits per heavy atom. The summed E-state index contributed by atoms with van der Waals surface area (Å²) in [5.74, 6) is 0.713. The minimum atomic E-state index is -0.0224. The van der Waals surface area contributed by atoms with Crippen molar-refractivity contribution in [2.75, 3.05) is 0 Å². The molecule has 0 atom stereocenters. The molecule has 0 bridgehead atoms. The Balaban J connectivity index is 1.73. The number of ether oxygens (including phenoxy) is 1. The lowest BCUT2D eigenvalue weighted by Crippen LogP contribution is -1.98. The average molecular weight is 329 g/mol. The molecule has 3 nitrogen and oxygen atoms in total. The molecule has 0 spiro atoms. The topological polar surface area (TPSA) is 39.2 Å². The van der Waals surface area contributed by atoms with E-state index in [1.165, 1.54) is 0 Å². The molecule has 3 heteroatoms. The smallest absolute Gasteiger partial charge is 0.185 e. The molecule has 0 unspecified atom stereocenters. The normalized spacial score (nSPS) is 10.8. The van der Waals surface area contributed by atoms with Crippen molar-refractivity contribution >= 4 is 11.9 Å². The van der Waals surface area contributed by atoms with Crippen molar-refractivity contribution in [2.24, 2.45) is 0 Å². The van der Waals surface area contributed by atoms with Gasteiger partial charge in [-0.1, -0.05) is 48.0 Å². The number of allylic oxidation sites excluding steroid dienone is 1. The molecular weight excluding hydrogens is 310 g/mol. The zero-order valence-corrected chi connectivity index (χ0v) is 14.1. The van der Waals surface area contributed by atoms with Gasteiger partial charge in [0.2, 0.25) is 0 Å². The molecule has 0 aliphatic carbocycles. The number of nitrogens with zero attached hydrogens (tertiary/aromatic N) is 1. The molecule has 0 saturated heterocycles. The number of hydrogen-bond donors (Lipinski definition) is 0. The fraction of sp³-hybridized carbons (Fsp3) is 0.0909. The lowest BCUT2D eigenvalue weighted by Gasteiger charge is -2.09. The van der Waals surface area contributed by atoms with Crippen molar-refractivity contribution in [3.8, 4) is 5.75 Å². The van der Waals surface area contributed by atoms with Crippen LogP contribution in [0, 0.1) is 6.92 Å². The molecule has 2 aromatic carbocycles. The van der Waals surface area contributed by atoms with E-state index in [4.69, 9.17) is 4.74 Å². The van der Waals surface area contributed by atoms with Gasteiger partial charge >= 0.3 is 0 Å². The second-order valence-corrected chi connectivity index (χ2v) is 5.75.